The van der Waals surface area contributed by atoms with Crippen LogP contribution in [-0.2, 0) is 6.54 Å². The highest BCUT2D eigenvalue weighted by atomic mass is 79.9. The van der Waals surface area contributed by atoms with Crippen LogP contribution < -0.4 is 0 Å². The summed E-state index contributed by atoms with van der Waals surface area (Å²) in [6.45, 7) is 2.63. The number of rotatable bonds is 3. The highest BCUT2D eigenvalue weighted by molar-refractivity contribution is 9.10. The first-order valence-corrected chi connectivity index (χ1v) is 7.24. The maximum absolute atomic E-state index is 5.49. The molecule has 0 radical (unpaired) electrons. The number of halogens is 1. The van der Waals surface area contributed by atoms with Crippen molar-refractivity contribution in [3.63, 3.8) is 0 Å². The smallest absolute Gasteiger partial charge is 0.209 e. The second-order valence-corrected chi connectivity index (χ2v) is 5.32. The first-order chi connectivity index (χ1) is 9.70. The van der Waals surface area contributed by atoms with Crippen LogP contribution in [0.1, 0.15) is 6.92 Å². The average molecular weight is 351 g/mol. The summed E-state index contributed by atoms with van der Waals surface area (Å²) in [4.78, 5) is 1.53. The van der Waals surface area contributed by atoms with Gasteiger partial charge in [0.15, 0.2) is 0 Å². The lowest BCUT2D eigenvalue weighted by Gasteiger charge is -2.04. The van der Waals surface area contributed by atoms with Crippen LogP contribution in [0, 0.1) is 4.64 Å². The number of H-pyrrole nitrogens is 1. The van der Waals surface area contributed by atoms with E-state index in [9.17, 15) is 0 Å². The van der Waals surface area contributed by atoms with Crippen molar-refractivity contribution in [1.29, 1.82) is 0 Å². The summed E-state index contributed by atoms with van der Waals surface area (Å²) >= 11 is 9.00. The van der Waals surface area contributed by atoms with Crippen molar-refractivity contribution in [2.75, 3.05) is 0 Å². The Morgan fingerprint density at radius 3 is 2.85 bits per heavy atom. The highest BCUT2D eigenvalue weighted by Crippen LogP contribution is 2.23. The standard InChI is InChI=1S/C12H11BrN6S/c1-2-18-16-11(15-17-18)8-7-14-19(12(8)20)10-6-4-3-5-9(10)13/h3-7,14H,2H2,1H3. The molecule has 20 heavy (non-hydrogen) atoms. The number of hydrogen-bond acceptors (Lipinski definition) is 4. The number of nitrogens with one attached hydrogen (secondary N) is 1. The van der Waals surface area contributed by atoms with Crippen LogP contribution in [0.2, 0.25) is 0 Å². The SMILES string of the molecule is CCn1nnc(-c2c[nH]n(-c3ccccc3Br)c2=S)n1. The summed E-state index contributed by atoms with van der Waals surface area (Å²) in [5.41, 5.74) is 1.70. The van der Waals surface area contributed by atoms with Crippen molar-refractivity contribution in [2.24, 2.45) is 0 Å². The van der Waals surface area contributed by atoms with E-state index in [1.54, 1.807) is 10.9 Å². The predicted molar refractivity (Wildman–Crippen MR) is 81.1 cm³/mol. The summed E-state index contributed by atoms with van der Waals surface area (Å²) in [5.74, 6) is 0.527. The molecule has 0 fully saturated rings. The number of benzene rings is 1. The minimum atomic E-state index is 0.527. The predicted octanol–water partition coefficient (Wildman–Crippen LogP) is 2.97. The zero-order valence-electron chi connectivity index (χ0n) is 10.6. The second kappa shape index (κ2) is 5.29. The van der Waals surface area contributed by atoms with Gasteiger partial charge in [0, 0.05) is 10.7 Å². The molecule has 6 nitrogen and oxygen atoms in total. The molecule has 0 atom stereocenters. The molecule has 1 aromatic carbocycles. The van der Waals surface area contributed by atoms with E-state index in [-0.39, 0.29) is 0 Å². The molecule has 0 bridgehead atoms. The van der Waals surface area contributed by atoms with E-state index in [0.29, 0.717) is 17.0 Å². The minimum absolute atomic E-state index is 0.527. The second-order valence-electron chi connectivity index (χ2n) is 4.08. The van der Waals surface area contributed by atoms with E-state index in [4.69, 9.17) is 12.2 Å². The van der Waals surface area contributed by atoms with Crippen LogP contribution in [0.3, 0.4) is 0 Å². The molecule has 2 heterocycles. The molecule has 0 unspecified atom stereocenters. The van der Waals surface area contributed by atoms with Crippen LogP contribution in [0.15, 0.2) is 34.9 Å². The quantitative estimate of drug-likeness (QED) is 0.737. The van der Waals surface area contributed by atoms with Crippen molar-refractivity contribution in [3.8, 4) is 17.1 Å². The largest absolute Gasteiger partial charge is 0.299 e. The fraction of sp³-hybridized carbons (Fsp3) is 0.167. The van der Waals surface area contributed by atoms with E-state index in [1.165, 1.54) is 4.80 Å². The van der Waals surface area contributed by atoms with E-state index in [0.717, 1.165) is 15.7 Å². The maximum atomic E-state index is 5.49. The topological polar surface area (TPSA) is 64.3 Å². The summed E-state index contributed by atoms with van der Waals surface area (Å²) in [5, 5.41) is 15.4. The average Bonchev–Trinajstić information content (AvgIpc) is 3.06. The number of aryl methyl sites for hydroxylation is 1. The molecule has 8 heteroatoms. The molecule has 0 saturated heterocycles. The highest BCUT2D eigenvalue weighted by Gasteiger charge is 2.12. The summed E-state index contributed by atoms with van der Waals surface area (Å²) < 4.78 is 3.38. The van der Waals surface area contributed by atoms with Crippen molar-refractivity contribution < 1.29 is 0 Å². The van der Waals surface area contributed by atoms with E-state index >= 15 is 0 Å². The van der Waals surface area contributed by atoms with Gasteiger partial charge in [0.25, 0.3) is 0 Å². The van der Waals surface area contributed by atoms with Gasteiger partial charge in [-0.2, -0.15) is 4.80 Å². The molecular weight excluding hydrogens is 340 g/mol. The van der Waals surface area contributed by atoms with Gasteiger partial charge in [-0.25, -0.2) is 4.68 Å². The number of hydrogen-bond donors (Lipinski definition) is 1. The molecule has 0 spiro atoms. The Balaban J connectivity index is 2.10. The van der Waals surface area contributed by atoms with Gasteiger partial charge in [-0.3, -0.25) is 5.10 Å². The summed E-state index contributed by atoms with van der Waals surface area (Å²) in [7, 11) is 0. The monoisotopic (exact) mass is 350 g/mol. The minimum Gasteiger partial charge on any atom is -0.299 e. The molecule has 3 aromatic rings. The zero-order chi connectivity index (χ0) is 14.1. The molecule has 102 valence electrons. The number of para-hydroxylation sites is 1. The molecule has 0 amide bonds. The van der Waals surface area contributed by atoms with Gasteiger partial charge in [0.05, 0.1) is 17.8 Å². The Kier molecular flexibility index (Phi) is 3.49. The number of aromatic amines is 1. The fourth-order valence-electron chi connectivity index (χ4n) is 1.83. The third-order valence-corrected chi connectivity index (χ3v) is 3.91. The van der Waals surface area contributed by atoms with Gasteiger partial charge in [-0.05, 0) is 40.2 Å². The number of aromatic nitrogens is 6. The molecule has 0 saturated carbocycles. The van der Waals surface area contributed by atoms with Crippen molar-refractivity contribution >= 4 is 28.1 Å². The summed E-state index contributed by atoms with van der Waals surface area (Å²) in [6.07, 6.45) is 1.79. The Morgan fingerprint density at radius 1 is 1.35 bits per heavy atom. The van der Waals surface area contributed by atoms with Gasteiger partial charge in [0.2, 0.25) is 5.82 Å². The number of nitrogens with zero attached hydrogens (tertiary/aromatic N) is 5. The van der Waals surface area contributed by atoms with Crippen LogP contribution in [-0.4, -0.2) is 30.0 Å². The van der Waals surface area contributed by atoms with Crippen LogP contribution in [0.5, 0.6) is 0 Å². The van der Waals surface area contributed by atoms with Gasteiger partial charge < -0.3 is 0 Å². The normalized spacial score (nSPS) is 10.9. The molecular formula is C12H11BrN6S. The Hall–Kier alpha value is -1.80. The Bertz CT molecular complexity index is 802. The van der Waals surface area contributed by atoms with Gasteiger partial charge in [-0.15, -0.1) is 10.2 Å². The van der Waals surface area contributed by atoms with Crippen molar-refractivity contribution in [2.45, 2.75) is 13.5 Å². The third-order valence-electron chi connectivity index (χ3n) is 2.84. The number of tetrazole rings is 1. The Morgan fingerprint density at radius 2 is 2.15 bits per heavy atom. The maximum Gasteiger partial charge on any atom is 0.209 e. The van der Waals surface area contributed by atoms with Crippen molar-refractivity contribution in [1.82, 2.24) is 30.0 Å². The lowest BCUT2D eigenvalue weighted by molar-refractivity contribution is 0.553. The van der Waals surface area contributed by atoms with Crippen molar-refractivity contribution in [3.05, 3.63) is 39.6 Å². The molecule has 0 aliphatic heterocycles. The van der Waals surface area contributed by atoms with E-state index in [1.807, 2.05) is 31.2 Å². The molecule has 1 N–H and O–H groups in total. The van der Waals surface area contributed by atoms with E-state index in [2.05, 4.69) is 36.4 Å². The van der Waals surface area contributed by atoms with Gasteiger partial charge in [0.1, 0.15) is 4.64 Å². The lowest BCUT2D eigenvalue weighted by Crippen LogP contribution is -1.98. The van der Waals surface area contributed by atoms with Crippen LogP contribution in [0.25, 0.3) is 17.1 Å². The molecule has 0 aliphatic rings. The van der Waals surface area contributed by atoms with E-state index < -0.39 is 0 Å². The van der Waals surface area contributed by atoms with Gasteiger partial charge in [-0.1, -0.05) is 24.4 Å². The zero-order valence-corrected chi connectivity index (χ0v) is 13.0. The first-order valence-electron chi connectivity index (χ1n) is 6.04. The first kappa shape index (κ1) is 13.2. The third kappa shape index (κ3) is 2.20. The van der Waals surface area contributed by atoms with Crippen LogP contribution in [0.4, 0.5) is 0 Å². The molecule has 2 aromatic heterocycles. The van der Waals surface area contributed by atoms with Gasteiger partial charge >= 0.3 is 0 Å². The fourth-order valence-corrected chi connectivity index (χ4v) is 2.59. The lowest BCUT2D eigenvalue weighted by atomic mass is 10.3. The molecule has 0 aliphatic carbocycles. The summed E-state index contributed by atoms with van der Waals surface area (Å²) in [6, 6.07) is 7.84. The molecule has 3 rings (SSSR count). The van der Waals surface area contributed by atoms with Crippen LogP contribution >= 0.6 is 28.1 Å². The Labute approximate surface area is 128 Å².